The van der Waals surface area contributed by atoms with Crippen LogP contribution in [0.1, 0.15) is 52.1 Å². The molecule has 1 aliphatic carbocycles. The van der Waals surface area contributed by atoms with Gasteiger partial charge in [0.25, 0.3) is 5.91 Å². The third-order valence-electron chi connectivity index (χ3n) is 5.71. The lowest BCUT2D eigenvalue weighted by atomic mass is 9.86. The smallest absolute Gasteiger partial charge is 0.254 e. The summed E-state index contributed by atoms with van der Waals surface area (Å²) in [7, 11) is 0. The van der Waals surface area contributed by atoms with E-state index in [4.69, 9.17) is 16.3 Å². The molecule has 1 fully saturated rings. The van der Waals surface area contributed by atoms with Crippen LogP contribution in [0.4, 0.5) is 16.0 Å². The number of amides is 1. The van der Waals surface area contributed by atoms with Crippen LogP contribution in [0.3, 0.4) is 0 Å². The van der Waals surface area contributed by atoms with Gasteiger partial charge in [0.2, 0.25) is 11.8 Å². The van der Waals surface area contributed by atoms with Crippen molar-refractivity contribution in [2.24, 2.45) is 5.92 Å². The van der Waals surface area contributed by atoms with Crippen LogP contribution in [0.15, 0.2) is 12.4 Å². The Morgan fingerprint density at radius 3 is 2.76 bits per heavy atom. The number of alkyl halides is 1. The first-order valence-corrected chi connectivity index (χ1v) is 11.3. The number of carbonyl (C=O) groups excluding carboxylic acids is 1. The van der Waals surface area contributed by atoms with Crippen molar-refractivity contribution in [3.05, 3.63) is 23.1 Å². The molecule has 0 aliphatic heterocycles. The Morgan fingerprint density at radius 2 is 2.12 bits per heavy atom. The molecule has 0 saturated heterocycles. The van der Waals surface area contributed by atoms with E-state index in [-0.39, 0.29) is 17.8 Å². The Bertz CT molecular complexity index is 1030. The number of rotatable bonds is 8. The van der Waals surface area contributed by atoms with Crippen molar-refractivity contribution in [3.63, 3.8) is 0 Å². The summed E-state index contributed by atoms with van der Waals surface area (Å²) in [6.45, 7) is 7.05. The molecule has 0 bridgehead atoms. The molecule has 1 aliphatic rings. The Hall–Kier alpha value is -2.93. The summed E-state index contributed by atoms with van der Waals surface area (Å²) >= 11 is 6.23. The molecular weight excluding hydrogens is 449 g/mol. The van der Waals surface area contributed by atoms with Crippen molar-refractivity contribution in [2.45, 2.75) is 71.1 Å². The average Bonchev–Trinajstić information content (AvgIpc) is 3.16. The van der Waals surface area contributed by atoms with E-state index in [0.29, 0.717) is 29.0 Å². The zero-order valence-corrected chi connectivity index (χ0v) is 20.0. The van der Waals surface area contributed by atoms with E-state index in [2.05, 4.69) is 31.8 Å². The fourth-order valence-corrected chi connectivity index (χ4v) is 3.69. The van der Waals surface area contributed by atoms with Gasteiger partial charge in [0.1, 0.15) is 10.6 Å². The lowest BCUT2D eigenvalue weighted by Crippen LogP contribution is -2.41. The molecule has 178 valence electrons. The minimum Gasteiger partial charge on any atom is -0.476 e. The first kappa shape index (κ1) is 24.7. The summed E-state index contributed by atoms with van der Waals surface area (Å²) in [6.07, 6.45) is 4.97. The molecule has 2 aromatic rings. The van der Waals surface area contributed by atoms with Crippen molar-refractivity contribution >= 4 is 29.1 Å². The average molecular weight is 478 g/mol. The largest absolute Gasteiger partial charge is 0.476 e. The summed E-state index contributed by atoms with van der Waals surface area (Å²) in [5, 5.41) is 19.9. The first-order chi connectivity index (χ1) is 15.6. The number of carbonyl (C=O) groups is 1. The molecule has 9 nitrogen and oxygen atoms in total. The first-order valence-electron chi connectivity index (χ1n) is 10.9. The standard InChI is InChI=1S/C22H29ClFN7O2/c1-13(24)19(32)27-16-7-5-15(6-8-16)11-33-20-17(23)9-26-21(29-20)28-18-10-31(30-14(18)2)22(3,4)12-25/h9-10,13,15-16H,5-8,11H2,1-4H3,(H,27,32)(H,26,28,29)/t13?,15-,16-. The maximum absolute atomic E-state index is 13.1. The molecule has 0 radical (unpaired) electrons. The number of aryl methyl sites for hydroxylation is 1. The summed E-state index contributed by atoms with van der Waals surface area (Å²) < 4.78 is 20.5. The number of halogens is 2. The van der Waals surface area contributed by atoms with Gasteiger partial charge < -0.3 is 15.4 Å². The molecule has 0 aromatic carbocycles. The lowest BCUT2D eigenvalue weighted by molar-refractivity contribution is -0.126. The fourth-order valence-electron chi connectivity index (χ4n) is 3.54. The molecule has 33 heavy (non-hydrogen) atoms. The molecule has 1 atom stereocenters. The van der Waals surface area contributed by atoms with Crippen LogP contribution in [0.25, 0.3) is 0 Å². The second-order valence-corrected chi connectivity index (χ2v) is 9.28. The molecule has 2 heterocycles. The Balaban J connectivity index is 1.57. The number of nitrogens with one attached hydrogen (secondary N) is 2. The van der Waals surface area contributed by atoms with Gasteiger partial charge in [-0.05, 0) is 59.3 Å². The molecule has 0 spiro atoms. The highest BCUT2D eigenvalue weighted by atomic mass is 35.5. The lowest BCUT2D eigenvalue weighted by Gasteiger charge is -2.29. The number of hydrogen-bond acceptors (Lipinski definition) is 7. The third-order valence-corrected chi connectivity index (χ3v) is 5.97. The predicted octanol–water partition coefficient (Wildman–Crippen LogP) is 4.05. The summed E-state index contributed by atoms with van der Waals surface area (Å²) in [5.74, 6) is 0.313. The molecule has 11 heteroatoms. The number of aromatic nitrogens is 4. The van der Waals surface area contributed by atoms with Gasteiger partial charge in [-0.2, -0.15) is 15.3 Å². The van der Waals surface area contributed by atoms with Crippen LogP contribution >= 0.6 is 11.6 Å². The monoisotopic (exact) mass is 477 g/mol. The number of nitriles is 1. The second kappa shape index (κ2) is 10.3. The Morgan fingerprint density at radius 1 is 1.42 bits per heavy atom. The van der Waals surface area contributed by atoms with E-state index in [1.165, 1.54) is 13.1 Å². The molecule has 1 unspecified atom stereocenters. The topological polar surface area (TPSA) is 118 Å². The van der Waals surface area contributed by atoms with Gasteiger partial charge >= 0.3 is 0 Å². The van der Waals surface area contributed by atoms with E-state index in [0.717, 1.165) is 25.7 Å². The van der Waals surface area contributed by atoms with Gasteiger partial charge in [-0.1, -0.05) is 11.6 Å². The van der Waals surface area contributed by atoms with Crippen molar-refractivity contribution in [3.8, 4) is 11.9 Å². The van der Waals surface area contributed by atoms with E-state index in [1.807, 2.05) is 6.92 Å². The molecule has 1 amide bonds. The Kier molecular flexibility index (Phi) is 7.74. The summed E-state index contributed by atoms with van der Waals surface area (Å²) in [6, 6.07) is 2.21. The van der Waals surface area contributed by atoms with Crippen molar-refractivity contribution in [1.82, 2.24) is 25.1 Å². The second-order valence-electron chi connectivity index (χ2n) is 8.87. The van der Waals surface area contributed by atoms with Crippen LogP contribution in [0.5, 0.6) is 5.88 Å². The minimum atomic E-state index is -1.50. The summed E-state index contributed by atoms with van der Waals surface area (Å²) in [5.41, 5.74) is 0.589. The van der Waals surface area contributed by atoms with Crippen molar-refractivity contribution in [2.75, 3.05) is 11.9 Å². The maximum atomic E-state index is 13.1. The molecular formula is C22H29ClFN7O2. The number of anilines is 2. The quantitative estimate of drug-likeness (QED) is 0.588. The van der Waals surface area contributed by atoms with Crippen molar-refractivity contribution < 1.29 is 13.9 Å². The molecule has 1 saturated carbocycles. The van der Waals surface area contributed by atoms with Gasteiger partial charge in [-0.3, -0.25) is 9.48 Å². The third kappa shape index (κ3) is 6.32. The van der Waals surface area contributed by atoms with E-state index < -0.39 is 17.6 Å². The van der Waals surface area contributed by atoms with Crippen LogP contribution in [0, 0.1) is 24.2 Å². The predicted molar refractivity (Wildman–Crippen MR) is 122 cm³/mol. The van der Waals surface area contributed by atoms with Gasteiger partial charge in [-0.15, -0.1) is 0 Å². The van der Waals surface area contributed by atoms with Crippen LogP contribution < -0.4 is 15.4 Å². The fraction of sp³-hybridized carbons (Fsp3) is 0.591. The highest BCUT2D eigenvalue weighted by molar-refractivity contribution is 6.31. The zero-order valence-electron chi connectivity index (χ0n) is 19.2. The number of ether oxygens (including phenoxy) is 1. The van der Waals surface area contributed by atoms with E-state index >= 15 is 0 Å². The normalized spacial score (nSPS) is 19.4. The zero-order chi connectivity index (χ0) is 24.2. The number of nitrogens with zero attached hydrogens (tertiary/aromatic N) is 5. The van der Waals surface area contributed by atoms with Crippen LogP contribution in [0.2, 0.25) is 5.02 Å². The van der Waals surface area contributed by atoms with Crippen LogP contribution in [-0.4, -0.2) is 44.5 Å². The van der Waals surface area contributed by atoms with E-state index in [1.54, 1.807) is 24.7 Å². The van der Waals surface area contributed by atoms with Gasteiger partial charge in [0.05, 0.1) is 36.5 Å². The number of hydrogen-bond donors (Lipinski definition) is 2. The molecule has 2 N–H and O–H groups in total. The minimum absolute atomic E-state index is 0.000516. The highest BCUT2D eigenvalue weighted by Gasteiger charge is 2.25. The highest BCUT2D eigenvalue weighted by Crippen LogP contribution is 2.29. The van der Waals surface area contributed by atoms with Gasteiger partial charge in [-0.25, -0.2) is 9.37 Å². The molecule has 2 aromatic heterocycles. The SMILES string of the molecule is Cc1nn(C(C)(C)C#N)cc1Nc1ncc(Cl)c(OC[C@H]2CC[C@H](NC(=O)C(C)F)CC2)n1. The van der Waals surface area contributed by atoms with Crippen molar-refractivity contribution in [1.29, 1.82) is 5.26 Å². The molecule has 3 rings (SSSR count). The van der Waals surface area contributed by atoms with Gasteiger partial charge in [0.15, 0.2) is 6.17 Å². The summed E-state index contributed by atoms with van der Waals surface area (Å²) in [4.78, 5) is 20.1. The Labute approximate surface area is 197 Å². The maximum Gasteiger partial charge on any atom is 0.254 e. The van der Waals surface area contributed by atoms with Gasteiger partial charge in [0, 0.05) is 6.04 Å². The van der Waals surface area contributed by atoms with E-state index in [9.17, 15) is 14.4 Å². The van der Waals surface area contributed by atoms with Crippen LogP contribution in [-0.2, 0) is 10.3 Å².